The number of hydrogen-bond acceptors (Lipinski definition) is 5. The van der Waals surface area contributed by atoms with Crippen LogP contribution in [0, 0.1) is 0 Å². The predicted octanol–water partition coefficient (Wildman–Crippen LogP) is 3.66. The van der Waals surface area contributed by atoms with Crippen molar-refractivity contribution in [1.82, 2.24) is 0 Å². The largest absolute Gasteiger partial charge is 0.546 e. The molecule has 6 heteroatoms. The number of sulfone groups is 1. The van der Waals surface area contributed by atoms with Crippen LogP contribution in [-0.2, 0) is 26.8 Å². The van der Waals surface area contributed by atoms with Crippen molar-refractivity contribution in [3.8, 4) is 5.75 Å². The second-order valence-electron chi connectivity index (χ2n) is 8.51. The first-order valence-electron chi connectivity index (χ1n) is 10.6. The number of carbonyl (C=O) groups excluding carboxylic acids is 1. The van der Waals surface area contributed by atoms with E-state index in [1.165, 1.54) is 24.3 Å². The lowest BCUT2D eigenvalue weighted by Crippen LogP contribution is -2.49. The van der Waals surface area contributed by atoms with E-state index in [4.69, 9.17) is 4.74 Å². The summed E-state index contributed by atoms with van der Waals surface area (Å²) in [5.41, 5.74) is 3.03. The Morgan fingerprint density at radius 1 is 1.13 bits per heavy atom. The molecular formula is C25H29O5S-. The van der Waals surface area contributed by atoms with Gasteiger partial charge in [0.1, 0.15) is 11.4 Å². The van der Waals surface area contributed by atoms with Crippen molar-refractivity contribution in [2.24, 2.45) is 0 Å². The van der Waals surface area contributed by atoms with Crippen molar-refractivity contribution < 1.29 is 23.1 Å². The summed E-state index contributed by atoms with van der Waals surface area (Å²) in [4.78, 5) is 11.3. The van der Waals surface area contributed by atoms with Crippen LogP contribution >= 0.6 is 0 Å². The maximum Gasteiger partial charge on any atom is 0.151 e. The molecule has 0 saturated carbocycles. The minimum atomic E-state index is -3.04. The van der Waals surface area contributed by atoms with Gasteiger partial charge in [0, 0.05) is 12.2 Å². The summed E-state index contributed by atoms with van der Waals surface area (Å²) in [6.45, 7) is 3.28. The molecule has 2 atom stereocenters. The van der Waals surface area contributed by atoms with E-state index >= 15 is 0 Å². The van der Waals surface area contributed by atoms with Gasteiger partial charge in [0.25, 0.3) is 0 Å². The first-order valence-corrected chi connectivity index (χ1v) is 12.6. The van der Waals surface area contributed by atoms with Gasteiger partial charge in [-0.05, 0) is 67.0 Å². The predicted molar refractivity (Wildman–Crippen MR) is 120 cm³/mol. The highest BCUT2D eigenvalue weighted by atomic mass is 32.2. The van der Waals surface area contributed by atoms with Crippen LogP contribution in [-0.4, -0.2) is 26.2 Å². The van der Waals surface area contributed by atoms with E-state index in [1.807, 2.05) is 24.3 Å². The Bertz CT molecular complexity index is 1070. The summed E-state index contributed by atoms with van der Waals surface area (Å²) in [6, 6.07) is 13.5. The zero-order chi connectivity index (χ0) is 22.6. The molecule has 5 nitrogen and oxygen atoms in total. The first-order chi connectivity index (χ1) is 14.6. The second kappa shape index (κ2) is 9.27. The number of allylic oxidation sites excluding steroid dienone is 1. The van der Waals surface area contributed by atoms with Crippen molar-refractivity contribution in [3.63, 3.8) is 0 Å². The van der Waals surface area contributed by atoms with Crippen LogP contribution in [0.4, 0.5) is 0 Å². The molecule has 0 amide bonds. The Balaban J connectivity index is 1.54. The summed E-state index contributed by atoms with van der Waals surface area (Å²) in [5.74, 6) is -0.278. The second-order valence-corrected chi connectivity index (χ2v) is 10.6. The van der Waals surface area contributed by atoms with Gasteiger partial charge in [0.2, 0.25) is 0 Å². The number of benzene rings is 2. The number of carbonyl (C=O) groups is 1. The lowest BCUT2D eigenvalue weighted by atomic mass is 9.93. The average molecular weight is 442 g/mol. The summed E-state index contributed by atoms with van der Waals surface area (Å²) in [5, 5.41) is 11.3. The number of aryl methyl sites for hydroxylation is 1. The van der Waals surface area contributed by atoms with Crippen LogP contribution in [0.15, 0.2) is 48.5 Å². The fraction of sp³-hybridized carbons (Fsp3) is 0.400. The normalized spacial score (nSPS) is 17.2. The highest BCUT2D eigenvalue weighted by molar-refractivity contribution is 7.89. The molecular weight excluding hydrogens is 412 g/mol. The molecule has 1 aliphatic rings. The van der Waals surface area contributed by atoms with Crippen molar-refractivity contribution in [1.29, 1.82) is 0 Å². The van der Waals surface area contributed by atoms with Crippen molar-refractivity contribution in [2.45, 2.75) is 56.8 Å². The third-order valence-corrected chi connectivity index (χ3v) is 6.70. The molecule has 0 saturated heterocycles. The van der Waals surface area contributed by atoms with Crippen LogP contribution in [0.5, 0.6) is 5.75 Å². The molecule has 31 heavy (non-hydrogen) atoms. The summed E-state index contributed by atoms with van der Waals surface area (Å²) in [7, 11) is -3.04. The number of hydrogen-bond donors (Lipinski definition) is 0. The van der Waals surface area contributed by atoms with Gasteiger partial charge in [-0.3, -0.25) is 0 Å². The first kappa shape index (κ1) is 23.1. The van der Waals surface area contributed by atoms with Crippen LogP contribution in [0.2, 0.25) is 0 Å². The monoisotopic (exact) mass is 441 g/mol. The molecule has 1 unspecified atom stereocenters. The lowest BCUT2D eigenvalue weighted by Gasteiger charge is -2.30. The van der Waals surface area contributed by atoms with E-state index in [9.17, 15) is 18.3 Å². The summed E-state index contributed by atoms with van der Waals surface area (Å²) >= 11 is 0. The molecule has 0 fully saturated rings. The number of rotatable bonds is 10. The van der Waals surface area contributed by atoms with Crippen LogP contribution in [0.3, 0.4) is 0 Å². The molecule has 2 aromatic carbocycles. The Morgan fingerprint density at radius 2 is 1.81 bits per heavy atom. The highest BCUT2D eigenvalue weighted by Gasteiger charge is 2.26. The van der Waals surface area contributed by atoms with E-state index in [2.05, 4.69) is 18.2 Å². The van der Waals surface area contributed by atoms with Gasteiger partial charge in [-0.25, -0.2) is 8.42 Å². The van der Waals surface area contributed by atoms with Gasteiger partial charge >= 0.3 is 0 Å². The minimum Gasteiger partial charge on any atom is -0.546 e. The fourth-order valence-electron chi connectivity index (χ4n) is 3.84. The van der Waals surface area contributed by atoms with Gasteiger partial charge in [-0.2, -0.15) is 0 Å². The zero-order valence-electron chi connectivity index (χ0n) is 18.3. The molecule has 166 valence electrons. The average Bonchev–Trinajstić information content (AvgIpc) is 3.10. The maximum absolute atomic E-state index is 11.5. The van der Waals surface area contributed by atoms with Crippen LogP contribution < -0.4 is 9.84 Å². The standard InChI is InChI=1S/C25H30O5S/c1-4-25(2,24(26)27)30-22-13-8-18(9-14-22)6-5-7-20-11-12-21-16-19(10-15-23(20)21)17-31(3,28)29/h8-16,20H,4-7,17H2,1-3H3,(H,26,27)/p-1/t20?,25-/m1/s1. The number of aliphatic carboxylic acids is 1. The molecule has 0 spiro atoms. The topological polar surface area (TPSA) is 83.5 Å². The van der Waals surface area contributed by atoms with E-state index in [1.54, 1.807) is 19.1 Å². The van der Waals surface area contributed by atoms with Gasteiger partial charge in [-0.15, -0.1) is 0 Å². The summed E-state index contributed by atoms with van der Waals surface area (Å²) in [6.07, 6.45) is 8.78. The Labute approximate surface area is 184 Å². The lowest BCUT2D eigenvalue weighted by molar-refractivity contribution is -0.321. The fourth-order valence-corrected chi connectivity index (χ4v) is 4.63. The van der Waals surface area contributed by atoms with Gasteiger partial charge in [-0.1, -0.05) is 49.4 Å². The van der Waals surface area contributed by atoms with Crippen LogP contribution in [0.25, 0.3) is 6.08 Å². The molecule has 0 radical (unpaired) electrons. The zero-order valence-corrected chi connectivity index (χ0v) is 19.1. The molecule has 0 N–H and O–H groups in total. The number of fused-ring (bicyclic) bond motifs is 1. The number of carboxylic acids is 1. The van der Waals surface area contributed by atoms with E-state index in [0.29, 0.717) is 18.1 Å². The quantitative estimate of drug-likeness (QED) is 0.562. The van der Waals surface area contributed by atoms with Gasteiger partial charge in [0.05, 0.1) is 11.7 Å². The molecule has 0 bridgehead atoms. The van der Waals surface area contributed by atoms with Crippen LogP contribution in [0.1, 0.15) is 61.3 Å². The van der Waals surface area contributed by atoms with Crippen molar-refractivity contribution in [3.05, 3.63) is 70.8 Å². The molecule has 0 aromatic heterocycles. The molecule has 0 heterocycles. The van der Waals surface area contributed by atoms with E-state index in [0.717, 1.165) is 30.4 Å². The Hall–Kier alpha value is -2.60. The third-order valence-electron chi connectivity index (χ3n) is 5.84. The molecule has 1 aliphatic carbocycles. The van der Waals surface area contributed by atoms with Gasteiger partial charge < -0.3 is 14.6 Å². The van der Waals surface area contributed by atoms with Gasteiger partial charge in [0.15, 0.2) is 9.84 Å². The molecule has 0 aliphatic heterocycles. The smallest absolute Gasteiger partial charge is 0.151 e. The van der Waals surface area contributed by atoms with Crippen molar-refractivity contribution >= 4 is 21.9 Å². The highest BCUT2D eigenvalue weighted by Crippen LogP contribution is 2.34. The van der Waals surface area contributed by atoms with E-state index in [-0.39, 0.29) is 5.75 Å². The maximum atomic E-state index is 11.5. The van der Waals surface area contributed by atoms with Crippen molar-refractivity contribution in [2.75, 3.05) is 6.26 Å². The minimum absolute atomic E-state index is 0.0683. The van der Waals surface area contributed by atoms with E-state index < -0.39 is 21.4 Å². The number of ether oxygens (including phenoxy) is 1. The Morgan fingerprint density at radius 3 is 2.42 bits per heavy atom. The SMILES string of the molecule is CC[C@@](C)(Oc1ccc(CCCC2C=Cc3cc(CS(C)(=O)=O)ccc32)cc1)C(=O)[O-]. The third kappa shape index (κ3) is 5.97. The molecule has 2 aromatic rings. The number of carboxylic acid groups (broad SMARTS) is 1. The molecule has 3 rings (SSSR count). The Kier molecular flexibility index (Phi) is 6.90. The summed E-state index contributed by atoms with van der Waals surface area (Å²) < 4.78 is 28.7.